The zero-order valence-corrected chi connectivity index (χ0v) is 10.7. The van der Waals surface area contributed by atoms with Crippen molar-refractivity contribution >= 4 is 17.6 Å². The van der Waals surface area contributed by atoms with Crippen molar-refractivity contribution in [2.24, 2.45) is 10.7 Å². The number of hydrogen-bond donors (Lipinski definition) is 3. The van der Waals surface area contributed by atoms with E-state index in [1.54, 1.807) is 0 Å². The third kappa shape index (κ3) is 4.32. The van der Waals surface area contributed by atoms with Gasteiger partial charge < -0.3 is 10.8 Å². The molecular formula is C13H16N4O2. The van der Waals surface area contributed by atoms with Crippen LogP contribution in [0.5, 0.6) is 5.75 Å². The number of nitrogens with one attached hydrogen (secondary N) is 1. The summed E-state index contributed by atoms with van der Waals surface area (Å²) in [5.74, 6) is -0.780. The van der Waals surface area contributed by atoms with Gasteiger partial charge in [0.05, 0.1) is 12.1 Å². The first-order valence-corrected chi connectivity index (χ1v) is 5.90. The van der Waals surface area contributed by atoms with Gasteiger partial charge in [0.2, 0.25) is 0 Å². The summed E-state index contributed by atoms with van der Waals surface area (Å²) in [6.07, 6.45) is 1.87. The molecule has 0 heterocycles. The number of guanidine groups is 1. The van der Waals surface area contributed by atoms with Crippen LogP contribution >= 0.6 is 0 Å². The lowest BCUT2D eigenvalue weighted by molar-refractivity contribution is 0.0974. The van der Waals surface area contributed by atoms with E-state index in [1.165, 1.54) is 18.2 Å². The minimum atomic E-state index is -0.583. The highest BCUT2D eigenvalue weighted by Gasteiger charge is 2.12. The third-order valence-corrected chi connectivity index (χ3v) is 2.39. The van der Waals surface area contributed by atoms with Gasteiger partial charge in [0.25, 0.3) is 5.91 Å². The Hall–Kier alpha value is -2.55. The fourth-order valence-corrected chi connectivity index (χ4v) is 1.36. The number of hydrogen-bond acceptors (Lipinski definition) is 3. The highest BCUT2D eigenvalue weighted by Crippen LogP contribution is 2.23. The molecular weight excluding hydrogens is 244 g/mol. The largest absolute Gasteiger partial charge is 0.507 e. The average molecular weight is 260 g/mol. The zero-order valence-electron chi connectivity index (χ0n) is 10.7. The first-order valence-electron chi connectivity index (χ1n) is 5.90. The molecule has 0 unspecified atom stereocenters. The molecule has 0 fully saturated rings. The Balaban J connectivity index is 2.78. The molecule has 4 N–H and O–H groups in total. The standard InChI is InChI=1S/C13H16N4O2/c1-3-4-7-16-13(14)17-12(19)10-8-9(15-2)5-6-11(10)18/h5-6,8,18H,3-4,7H2,1H3,(H3,14,16,17,19). The molecule has 0 aliphatic rings. The number of benzene rings is 1. The fourth-order valence-electron chi connectivity index (χ4n) is 1.36. The van der Waals surface area contributed by atoms with Gasteiger partial charge in [0, 0.05) is 6.54 Å². The normalized spacial score (nSPS) is 10.8. The molecule has 0 radical (unpaired) electrons. The van der Waals surface area contributed by atoms with Crippen molar-refractivity contribution in [2.75, 3.05) is 6.54 Å². The maximum absolute atomic E-state index is 11.8. The maximum atomic E-state index is 11.8. The summed E-state index contributed by atoms with van der Waals surface area (Å²) in [5.41, 5.74) is 5.82. The molecule has 0 aliphatic carbocycles. The molecule has 100 valence electrons. The van der Waals surface area contributed by atoms with Crippen LogP contribution in [0.4, 0.5) is 5.69 Å². The SMILES string of the molecule is [C-]#[N+]c1ccc(O)c(C(=O)NC(N)=NCCCC)c1. The number of nitrogens with zero attached hydrogens (tertiary/aromatic N) is 2. The van der Waals surface area contributed by atoms with Gasteiger partial charge in [-0.2, -0.15) is 0 Å². The Kier molecular flexibility index (Phi) is 5.35. The number of carbonyl (C=O) groups is 1. The number of rotatable bonds is 4. The molecule has 0 atom stereocenters. The fraction of sp³-hybridized carbons (Fsp3) is 0.308. The van der Waals surface area contributed by atoms with Crippen molar-refractivity contribution in [3.8, 4) is 5.75 Å². The highest BCUT2D eigenvalue weighted by atomic mass is 16.3. The topological polar surface area (TPSA) is 92.1 Å². The summed E-state index contributed by atoms with van der Waals surface area (Å²) in [7, 11) is 0. The van der Waals surface area contributed by atoms with Gasteiger partial charge >= 0.3 is 0 Å². The van der Waals surface area contributed by atoms with E-state index < -0.39 is 5.91 Å². The third-order valence-electron chi connectivity index (χ3n) is 2.39. The van der Waals surface area contributed by atoms with E-state index in [1.807, 2.05) is 6.92 Å². The van der Waals surface area contributed by atoms with Crippen LogP contribution < -0.4 is 11.1 Å². The lowest BCUT2D eigenvalue weighted by atomic mass is 10.1. The van der Waals surface area contributed by atoms with Gasteiger partial charge in [0.15, 0.2) is 11.6 Å². The number of carbonyl (C=O) groups excluding carboxylic acids is 1. The van der Waals surface area contributed by atoms with Gasteiger partial charge in [-0.05, 0) is 18.6 Å². The van der Waals surface area contributed by atoms with Crippen LogP contribution in [0, 0.1) is 6.57 Å². The first kappa shape index (κ1) is 14.5. The Labute approximate surface area is 111 Å². The minimum Gasteiger partial charge on any atom is -0.507 e. The Morgan fingerprint density at radius 1 is 1.58 bits per heavy atom. The van der Waals surface area contributed by atoms with Crippen molar-refractivity contribution < 1.29 is 9.90 Å². The molecule has 0 saturated carbocycles. The summed E-state index contributed by atoms with van der Waals surface area (Å²) in [4.78, 5) is 19.0. The molecule has 1 amide bonds. The van der Waals surface area contributed by atoms with E-state index >= 15 is 0 Å². The first-order chi connectivity index (χ1) is 9.08. The molecule has 0 saturated heterocycles. The molecule has 0 aliphatic heterocycles. The number of nitrogens with two attached hydrogens (primary N) is 1. The number of amides is 1. The van der Waals surface area contributed by atoms with E-state index in [0.717, 1.165) is 12.8 Å². The van der Waals surface area contributed by atoms with Gasteiger partial charge in [-0.1, -0.05) is 19.4 Å². The lowest BCUT2D eigenvalue weighted by Gasteiger charge is -2.06. The minimum absolute atomic E-state index is 0.00198. The Morgan fingerprint density at radius 3 is 2.95 bits per heavy atom. The summed E-state index contributed by atoms with van der Waals surface area (Å²) >= 11 is 0. The molecule has 0 aromatic heterocycles. The molecule has 1 aromatic rings. The Morgan fingerprint density at radius 2 is 2.32 bits per heavy atom. The lowest BCUT2D eigenvalue weighted by Crippen LogP contribution is -2.37. The predicted octanol–water partition coefficient (Wildman–Crippen LogP) is 1.79. The number of aromatic hydroxyl groups is 1. The quantitative estimate of drug-likeness (QED) is 0.333. The summed E-state index contributed by atoms with van der Waals surface area (Å²) in [6.45, 7) is 9.43. The number of phenolic OH excluding ortho intramolecular Hbond substituents is 1. The molecule has 19 heavy (non-hydrogen) atoms. The van der Waals surface area contributed by atoms with E-state index in [2.05, 4.69) is 15.2 Å². The second-order valence-electron chi connectivity index (χ2n) is 3.89. The van der Waals surface area contributed by atoms with Crippen LogP contribution in [0.15, 0.2) is 23.2 Å². The average Bonchev–Trinajstić information content (AvgIpc) is 2.39. The van der Waals surface area contributed by atoms with E-state index in [0.29, 0.717) is 6.54 Å². The molecule has 0 bridgehead atoms. The van der Waals surface area contributed by atoms with Gasteiger partial charge in [-0.15, -0.1) is 0 Å². The van der Waals surface area contributed by atoms with Gasteiger partial charge in [-0.3, -0.25) is 15.1 Å². The van der Waals surface area contributed by atoms with Crippen LogP contribution in [0.1, 0.15) is 30.1 Å². The number of aliphatic imine (C=N–C) groups is 1. The molecule has 6 nitrogen and oxygen atoms in total. The molecule has 6 heteroatoms. The van der Waals surface area contributed by atoms with E-state index in [4.69, 9.17) is 12.3 Å². The van der Waals surface area contributed by atoms with Crippen molar-refractivity contribution in [2.45, 2.75) is 19.8 Å². The summed E-state index contributed by atoms with van der Waals surface area (Å²) < 4.78 is 0. The van der Waals surface area contributed by atoms with Crippen molar-refractivity contribution in [3.63, 3.8) is 0 Å². The van der Waals surface area contributed by atoms with Crippen LogP contribution in [-0.2, 0) is 0 Å². The smallest absolute Gasteiger partial charge is 0.260 e. The van der Waals surface area contributed by atoms with Crippen LogP contribution in [0.3, 0.4) is 0 Å². The van der Waals surface area contributed by atoms with Crippen LogP contribution in [-0.4, -0.2) is 23.5 Å². The zero-order chi connectivity index (χ0) is 14.3. The number of unbranched alkanes of at least 4 members (excludes halogenated alkanes) is 1. The van der Waals surface area contributed by atoms with Gasteiger partial charge in [-0.25, -0.2) is 4.85 Å². The highest BCUT2D eigenvalue weighted by molar-refractivity contribution is 6.07. The van der Waals surface area contributed by atoms with Crippen molar-refractivity contribution in [1.29, 1.82) is 0 Å². The summed E-state index contributed by atoms with van der Waals surface area (Å²) in [6, 6.07) is 4.03. The van der Waals surface area contributed by atoms with Gasteiger partial charge in [0.1, 0.15) is 5.75 Å². The van der Waals surface area contributed by atoms with E-state index in [9.17, 15) is 9.90 Å². The second kappa shape index (κ2) is 7.01. The van der Waals surface area contributed by atoms with Crippen LogP contribution in [0.2, 0.25) is 0 Å². The monoisotopic (exact) mass is 260 g/mol. The van der Waals surface area contributed by atoms with Crippen LogP contribution in [0.25, 0.3) is 4.85 Å². The molecule has 0 spiro atoms. The predicted molar refractivity (Wildman–Crippen MR) is 73.2 cm³/mol. The second-order valence-corrected chi connectivity index (χ2v) is 3.89. The molecule has 1 aromatic carbocycles. The Bertz CT molecular complexity index is 532. The van der Waals surface area contributed by atoms with Crippen molar-refractivity contribution in [3.05, 3.63) is 35.2 Å². The van der Waals surface area contributed by atoms with Crippen molar-refractivity contribution in [1.82, 2.24) is 5.32 Å². The molecule has 1 rings (SSSR count). The maximum Gasteiger partial charge on any atom is 0.260 e. The summed E-state index contributed by atoms with van der Waals surface area (Å²) in [5, 5.41) is 12.0. The number of phenols is 1. The van der Waals surface area contributed by atoms with E-state index in [-0.39, 0.29) is 23.0 Å².